The van der Waals surface area contributed by atoms with Gasteiger partial charge in [-0.25, -0.2) is 0 Å². The quantitative estimate of drug-likeness (QED) is 0.143. The lowest BCUT2D eigenvalue weighted by molar-refractivity contribution is 0.866. The summed E-state index contributed by atoms with van der Waals surface area (Å²) in [7, 11) is 0. The van der Waals surface area contributed by atoms with Gasteiger partial charge in [0.1, 0.15) is 0 Å². The van der Waals surface area contributed by atoms with Crippen molar-refractivity contribution in [1.29, 1.82) is 0 Å². The van der Waals surface area contributed by atoms with E-state index in [-0.39, 0.29) is 5.92 Å². The number of aromatic nitrogens is 2. The highest BCUT2D eigenvalue weighted by Crippen LogP contribution is 2.40. The van der Waals surface area contributed by atoms with Crippen LogP contribution in [0, 0.1) is 24.7 Å². The smallest absolute Gasteiger partial charge is 0.0736 e. The molecule has 3 aliphatic carbocycles. The number of rotatable bonds is 8. The van der Waals surface area contributed by atoms with Crippen molar-refractivity contribution < 1.29 is 0 Å². The number of terminal acetylenes is 2. The van der Waals surface area contributed by atoms with Gasteiger partial charge in [0.25, 0.3) is 0 Å². The predicted octanol–water partition coefficient (Wildman–Crippen LogP) is 14.3. The van der Waals surface area contributed by atoms with Crippen molar-refractivity contribution in [2.45, 2.75) is 57.3 Å². The third-order valence-corrected chi connectivity index (χ3v) is 13.7. The minimum atomic E-state index is -0.0712. The summed E-state index contributed by atoms with van der Waals surface area (Å²) in [6, 6.07) is 54.4. The van der Waals surface area contributed by atoms with E-state index >= 15 is 0 Å². The molecule has 3 heteroatoms. The van der Waals surface area contributed by atoms with E-state index in [1.165, 1.54) is 89.0 Å². The average molecular weight is 862 g/mol. The molecule has 322 valence electrons. The molecule has 2 heterocycles. The molecular weight excluding hydrogens is 811 g/mol. The van der Waals surface area contributed by atoms with E-state index in [9.17, 15) is 0 Å². The summed E-state index contributed by atoms with van der Waals surface area (Å²) < 4.78 is 0. The van der Waals surface area contributed by atoms with Crippen molar-refractivity contribution in [2.75, 3.05) is 0 Å². The highest BCUT2D eigenvalue weighted by atomic mass is 14.7. The molecule has 0 N–H and O–H groups in total. The highest BCUT2D eigenvalue weighted by molar-refractivity contribution is 6.14. The van der Waals surface area contributed by atoms with E-state index in [1.807, 2.05) is 24.5 Å². The number of benzene rings is 6. The summed E-state index contributed by atoms with van der Waals surface area (Å²) in [4.78, 5) is 13.8. The van der Waals surface area contributed by atoms with Crippen molar-refractivity contribution >= 4 is 5.71 Å². The zero-order valence-corrected chi connectivity index (χ0v) is 37.8. The molecule has 0 saturated carbocycles. The molecule has 6 aromatic carbocycles. The molecule has 0 saturated heterocycles. The molecule has 67 heavy (non-hydrogen) atoms. The Labute approximate surface area is 395 Å². The highest BCUT2D eigenvalue weighted by Gasteiger charge is 2.23. The zero-order chi connectivity index (χ0) is 45.7. The molecule has 1 unspecified atom stereocenters. The third kappa shape index (κ3) is 8.61. The summed E-state index contributed by atoms with van der Waals surface area (Å²) in [5.41, 5.74) is 25.6. The van der Waals surface area contributed by atoms with Gasteiger partial charge >= 0.3 is 0 Å². The number of nitrogens with zero attached hydrogens (tertiary/aromatic N) is 3. The summed E-state index contributed by atoms with van der Waals surface area (Å²) in [6.45, 7) is 8.04. The van der Waals surface area contributed by atoms with Crippen LogP contribution in [0.25, 0.3) is 55.9 Å². The Kier molecular flexibility index (Phi) is 12.2. The predicted molar refractivity (Wildman–Crippen MR) is 279 cm³/mol. The van der Waals surface area contributed by atoms with Crippen LogP contribution in [0.3, 0.4) is 0 Å². The second kappa shape index (κ2) is 19.2. The van der Waals surface area contributed by atoms with Crippen LogP contribution in [0.5, 0.6) is 0 Å². The largest absolute Gasteiger partial charge is 0.257 e. The van der Waals surface area contributed by atoms with Crippen LogP contribution in [-0.2, 0) is 44.9 Å². The molecular formula is C64H51N3. The lowest BCUT2D eigenvalue weighted by Gasteiger charge is -2.22. The molecule has 0 fully saturated rings. The number of aryl methyl sites for hydroxylation is 5. The number of pyridine rings is 2. The Morgan fingerprint density at radius 3 is 1.61 bits per heavy atom. The van der Waals surface area contributed by atoms with Crippen LogP contribution in [0.1, 0.15) is 62.4 Å². The summed E-state index contributed by atoms with van der Waals surface area (Å²) >= 11 is 0. The zero-order valence-electron chi connectivity index (χ0n) is 37.8. The normalized spacial score (nSPS) is 14.1. The SMILES string of the molecule is C#CC(Cc1ccccc1-c1ccc2c(c1)CCC(=C)C2=NC=C)c1ccccc1-c1ccc2c(c1)CCc1cccnc1-2.C#CCc1ccccc1-c1ccc2c(c1)CCc1cccnc1-2. The number of fused-ring (bicyclic) bond motifs is 7. The van der Waals surface area contributed by atoms with Crippen LogP contribution in [0.4, 0.5) is 0 Å². The van der Waals surface area contributed by atoms with Gasteiger partial charge in [-0.05, 0) is 141 Å². The van der Waals surface area contributed by atoms with Crippen LogP contribution < -0.4 is 0 Å². The van der Waals surface area contributed by atoms with E-state index in [2.05, 4.69) is 175 Å². The number of aliphatic imine (C=N–C) groups is 1. The van der Waals surface area contributed by atoms with Crippen molar-refractivity contribution in [3.8, 4) is 80.6 Å². The van der Waals surface area contributed by atoms with Gasteiger partial charge in [-0.3, -0.25) is 15.0 Å². The van der Waals surface area contributed by atoms with Crippen molar-refractivity contribution in [1.82, 2.24) is 9.97 Å². The van der Waals surface area contributed by atoms with E-state index in [0.29, 0.717) is 6.42 Å². The maximum Gasteiger partial charge on any atom is 0.0736 e. The molecule has 8 aromatic rings. The van der Waals surface area contributed by atoms with Gasteiger partial charge in [-0.2, -0.15) is 0 Å². The van der Waals surface area contributed by atoms with Crippen LogP contribution in [0.15, 0.2) is 194 Å². The van der Waals surface area contributed by atoms with Gasteiger partial charge in [0.2, 0.25) is 0 Å². The van der Waals surface area contributed by atoms with Crippen LogP contribution >= 0.6 is 0 Å². The van der Waals surface area contributed by atoms with Crippen LogP contribution in [-0.4, -0.2) is 15.7 Å². The summed E-state index contributed by atoms with van der Waals surface area (Å²) in [6.07, 6.45) is 24.7. The van der Waals surface area contributed by atoms with Gasteiger partial charge in [-0.1, -0.05) is 159 Å². The van der Waals surface area contributed by atoms with E-state index in [0.717, 1.165) is 73.2 Å². The van der Waals surface area contributed by atoms with Crippen LogP contribution in [0.2, 0.25) is 0 Å². The Balaban J connectivity index is 0.000000191. The van der Waals surface area contributed by atoms with E-state index in [4.69, 9.17) is 17.8 Å². The maximum atomic E-state index is 6.31. The molecule has 2 aromatic heterocycles. The Hall–Kier alpha value is -8.11. The maximum absolute atomic E-state index is 6.31. The minimum absolute atomic E-state index is 0.0712. The Morgan fingerprint density at radius 1 is 0.522 bits per heavy atom. The molecule has 0 radical (unpaired) electrons. The summed E-state index contributed by atoms with van der Waals surface area (Å²) in [5.74, 6) is 5.85. The number of allylic oxidation sites excluding steroid dienone is 1. The van der Waals surface area contributed by atoms with Crippen molar-refractivity contribution in [3.05, 3.63) is 239 Å². The first kappa shape index (κ1) is 42.8. The molecule has 3 aliphatic rings. The average Bonchev–Trinajstić information content (AvgIpc) is 3.39. The Morgan fingerprint density at radius 2 is 1.01 bits per heavy atom. The van der Waals surface area contributed by atoms with Gasteiger partial charge in [-0.15, -0.1) is 18.8 Å². The number of hydrogen-bond donors (Lipinski definition) is 0. The molecule has 0 aliphatic heterocycles. The van der Waals surface area contributed by atoms with Gasteiger partial charge in [0, 0.05) is 47.6 Å². The fourth-order valence-electron chi connectivity index (χ4n) is 10.3. The number of hydrogen-bond acceptors (Lipinski definition) is 3. The monoisotopic (exact) mass is 861 g/mol. The van der Waals surface area contributed by atoms with Crippen molar-refractivity contribution in [3.63, 3.8) is 0 Å². The molecule has 3 nitrogen and oxygen atoms in total. The second-order valence-electron chi connectivity index (χ2n) is 17.6. The second-order valence-corrected chi connectivity index (χ2v) is 17.6. The first-order chi connectivity index (χ1) is 33.0. The Bertz CT molecular complexity index is 3330. The minimum Gasteiger partial charge on any atom is -0.257 e. The first-order valence-corrected chi connectivity index (χ1v) is 23.3. The first-order valence-electron chi connectivity index (χ1n) is 23.3. The van der Waals surface area contributed by atoms with Gasteiger partial charge in [0.05, 0.1) is 17.1 Å². The molecule has 0 bridgehead atoms. The van der Waals surface area contributed by atoms with E-state index in [1.54, 1.807) is 6.20 Å². The molecule has 0 spiro atoms. The molecule has 1 atom stereocenters. The standard InChI is InChI=1S/C42H34N2.C22H17N/c1-4-29(25-31-11-6-7-13-36(31)32-20-22-39-34(26-32)17-16-28(3)41(39)43-5-2)37-14-8-9-15-38(37)33-21-23-40-35(27-33)19-18-30-12-10-24-44-42(30)40;1-2-6-16-7-3-4-9-20(16)18-12-13-21-19(15-18)11-10-17-8-5-14-23-22(17)21/h1,5-15,20-24,26-27,29H,2-3,16-19,25H2;1,3-5,7-9,12-15H,6,10-11H2. The van der Waals surface area contributed by atoms with Crippen molar-refractivity contribution in [2.24, 2.45) is 4.99 Å². The lowest BCUT2D eigenvalue weighted by atomic mass is 9.82. The third-order valence-electron chi connectivity index (χ3n) is 13.7. The van der Waals surface area contributed by atoms with E-state index < -0.39 is 0 Å². The fraction of sp³-hybridized carbons (Fsp3) is 0.141. The topological polar surface area (TPSA) is 38.1 Å². The van der Waals surface area contributed by atoms with Gasteiger partial charge < -0.3 is 0 Å². The summed E-state index contributed by atoms with van der Waals surface area (Å²) in [5, 5.41) is 0. The lowest BCUT2D eigenvalue weighted by Crippen LogP contribution is -2.14. The van der Waals surface area contributed by atoms with Gasteiger partial charge in [0.15, 0.2) is 0 Å². The molecule has 11 rings (SSSR count). The molecule has 0 amide bonds. The fourth-order valence-corrected chi connectivity index (χ4v) is 10.3.